The molecule has 6 heteroatoms. The van der Waals surface area contributed by atoms with Gasteiger partial charge in [-0.2, -0.15) is 0 Å². The number of rotatable bonds is 3. The summed E-state index contributed by atoms with van der Waals surface area (Å²) >= 11 is 1.41. The van der Waals surface area contributed by atoms with Gasteiger partial charge in [0.05, 0.1) is 16.3 Å². The Bertz CT molecular complexity index is 1010. The highest BCUT2D eigenvalue weighted by atomic mass is 32.1. The number of nitrogens with two attached hydrogens (primary N) is 1. The normalized spacial score (nSPS) is 10.8. The number of aromatic nitrogens is 3. The summed E-state index contributed by atoms with van der Waals surface area (Å²) < 4.78 is 13.1. The molecule has 1 aromatic carbocycles. The number of thiazole rings is 1. The first-order chi connectivity index (χ1) is 12.2. The van der Waals surface area contributed by atoms with E-state index in [9.17, 15) is 4.39 Å². The van der Waals surface area contributed by atoms with Crippen LogP contribution in [0.1, 0.15) is 0 Å². The van der Waals surface area contributed by atoms with Gasteiger partial charge in [-0.3, -0.25) is 9.97 Å². The van der Waals surface area contributed by atoms with Crippen LogP contribution in [0.3, 0.4) is 0 Å². The lowest BCUT2D eigenvalue weighted by molar-refractivity contribution is 0.628. The molecule has 3 aromatic heterocycles. The number of nitrogens with zero attached hydrogens (tertiary/aromatic N) is 3. The zero-order chi connectivity index (χ0) is 17.2. The highest BCUT2D eigenvalue weighted by molar-refractivity contribution is 7.19. The van der Waals surface area contributed by atoms with E-state index in [4.69, 9.17) is 5.73 Å². The van der Waals surface area contributed by atoms with Gasteiger partial charge in [0.1, 0.15) is 11.5 Å². The molecule has 4 aromatic rings. The molecule has 0 bridgehead atoms. The van der Waals surface area contributed by atoms with E-state index in [0.29, 0.717) is 5.13 Å². The zero-order valence-electron chi connectivity index (χ0n) is 13.1. The van der Waals surface area contributed by atoms with E-state index in [1.165, 1.54) is 23.5 Å². The summed E-state index contributed by atoms with van der Waals surface area (Å²) in [5.74, 6) is -0.271. The SMILES string of the molecule is Nc1nc(-c2ccccn2)c(-c2ccnc(-c3ccc(F)cc3)c2)s1. The summed E-state index contributed by atoms with van der Waals surface area (Å²) in [4.78, 5) is 14.1. The fourth-order valence-electron chi connectivity index (χ4n) is 2.56. The van der Waals surface area contributed by atoms with Crippen molar-refractivity contribution in [1.82, 2.24) is 15.0 Å². The second-order valence-electron chi connectivity index (χ2n) is 5.38. The van der Waals surface area contributed by atoms with Gasteiger partial charge in [-0.1, -0.05) is 17.4 Å². The van der Waals surface area contributed by atoms with Crippen molar-refractivity contribution in [1.29, 1.82) is 0 Å². The Labute approximate surface area is 147 Å². The van der Waals surface area contributed by atoms with Crippen LogP contribution in [0.25, 0.3) is 33.1 Å². The second-order valence-corrected chi connectivity index (χ2v) is 6.41. The van der Waals surface area contributed by atoms with Crippen molar-refractivity contribution < 1.29 is 4.39 Å². The second kappa shape index (κ2) is 6.41. The minimum Gasteiger partial charge on any atom is -0.375 e. The highest BCUT2D eigenvalue weighted by Gasteiger charge is 2.15. The van der Waals surface area contributed by atoms with Crippen molar-refractivity contribution >= 4 is 16.5 Å². The van der Waals surface area contributed by atoms with Crippen molar-refractivity contribution in [3.63, 3.8) is 0 Å². The molecule has 0 fully saturated rings. The summed E-state index contributed by atoms with van der Waals surface area (Å²) in [6.45, 7) is 0. The molecule has 122 valence electrons. The number of benzene rings is 1. The van der Waals surface area contributed by atoms with Crippen LogP contribution in [0.2, 0.25) is 0 Å². The van der Waals surface area contributed by atoms with Crippen LogP contribution in [0.5, 0.6) is 0 Å². The van der Waals surface area contributed by atoms with Crippen LogP contribution < -0.4 is 5.73 Å². The van der Waals surface area contributed by atoms with Crippen LogP contribution in [0.4, 0.5) is 9.52 Å². The third-order valence-corrected chi connectivity index (χ3v) is 4.65. The lowest BCUT2D eigenvalue weighted by atomic mass is 10.1. The Hall–Kier alpha value is -3.12. The molecule has 25 heavy (non-hydrogen) atoms. The predicted octanol–water partition coefficient (Wildman–Crippen LogP) is 4.66. The number of halogens is 1. The smallest absolute Gasteiger partial charge is 0.181 e. The van der Waals surface area contributed by atoms with E-state index >= 15 is 0 Å². The molecule has 0 spiro atoms. The molecule has 0 atom stereocenters. The quantitative estimate of drug-likeness (QED) is 0.585. The van der Waals surface area contributed by atoms with E-state index in [1.807, 2.05) is 30.3 Å². The van der Waals surface area contributed by atoms with Gasteiger partial charge < -0.3 is 5.73 Å². The molecule has 3 heterocycles. The molecule has 0 aliphatic carbocycles. The minimum absolute atomic E-state index is 0.271. The number of anilines is 1. The first kappa shape index (κ1) is 15.4. The van der Waals surface area contributed by atoms with E-state index in [0.717, 1.165) is 33.1 Å². The first-order valence-corrected chi connectivity index (χ1v) is 8.42. The fourth-order valence-corrected chi connectivity index (χ4v) is 3.40. The van der Waals surface area contributed by atoms with Gasteiger partial charge in [-0.15, -0.1) is 0 Å². The summed E-state index contributed by atoms with van der Waals surface area (Å²) in [7, 11) is 0. The molecular formula is C19H13FN4S. The molecule has 4 nitrogen and oxygen atoms in total. The molecule has 0 radical (unpaired) electrons. The maximum absolute atomic E-state index is 13.1. The van der Waals surface area contributed by atoms with Crippen molar-refractivity contribution in [2.75, 3.05) is 5.73 Å². The molecular weight excluding hydrogens is 335 g/mol. The van der Waals surface area contributed by atoms with Crippen LogP contribution in [0.15, 0.2) is 67.0 Å². The van der Waals surface area contributed by atoms with Crippen molar-refractivity contribution in [2.24, 2.45) is 0 Å². The van der Waals surface area contributed by atoms with Gasteiger partial charge in [0, 0.05) is 18.0 Å². The maximum atomic E-state index is 13.1. The average molecular weight is 348 g/mol. The molecule has 0 unspecified atom stereocenters. The number of hydrogen-bond acceptors (Lipinski definition) is 5. The van der Waals surface area contributed by atoms with Crippen LogP contribution >= 0.6 is 11.3 Å². The fraction of sp³-hybridized carbons (Fsp3) is 0. The average Bonchev–Trinajstić information content (AvgIpc) is 3.05. The van der Waals surface area contributed by atoms with Crippen molar-refractivity contribution in [3.8, 4) is 33.1 Å². The summed E-state index contributed by atoms with van der Waals surface area (Å²) in [6.07, 6.45) is 3.46. The summed E-state index contributed by atoms with van der Waals surface area (Å²) in [5.41, 5.74) is 10.0. The Kier molecular flexibility index (Phi) is 3.95. The Balaban J connectivity index is 1.81. The molecule has 0 saturated heterocycles. The van der Waals surface area contributed by atoms with Crippen molar-refractivity contribution in [2.45, 2.75) is 0 Å². The highest BCUT2D eigenvalue weighted by Crippen LogP contribution is 2.38. The van der Waals surface area contributed by atoms with Crippen LogP contribution in [-0.4, -0.2) is 15.0 Å². The van der Waals surface area contributed by atoms with Gasteiger partial charge in [-0.05, 0) is 54.1 Å². The third-order valence-electron chi connectivity index (χ3n) is 3.71. The van der Waals surface area contributed by atoms with Gasteiger partial charge in [0.2, 0.25) is 0 Å². The van der Waals surface area contributed by atoms with Gasteiger partial charge >= 0.3 is 0 Å². The van der Waals surface area contributed by atoms with E-state index in [-0.39, 0.29) is 5.82 Å². The number of hydrogen-bond donors (Lipinski definition) is 1. The van der Waals surface area contributed by atoms with E-state index in [2.05, 4.69) is 15.0 Å². The molecule has 2 N–H and O–H groups in total. The summed E-state index contributed by atoms with van der Waals surface area (Å²) in [6, 6.07) is 15.8. The van der Waals surface area contributed by atoms with Gasteiger partial charge in [-0.25, -0.2) is 9.37 Å². The monoisotopic (exact) mass is 348 g/mol. The molecule has 0 saturated carbocycles. The minimum atomic E-state index is -0.271. The zero-order valence-corrected chi connectivity index (χ0v) is 13.9. The van der Waals surface area contributed by atoms with E-state index < -0.39 is 0 Å². The molecule has 0 aliphatic rings. The third kappa shape index (κ3) is 3.12. The first-order valence-electron chi connectivity index (χ1n) is 7.61. The lowest BCUT2D eigenvalue weighted by Gasteiger charge is -2.05. The number of pyridine rings is 2. The Morgan fingerprint density at radius 3 is 2.40 bits per heavy atom. The Morgan fingerprint density at radius 1 is 0.840 bits per heavy atom. The number of nitrogen functional groups attached to an aromatic ring is 1. The molecule has 4 rings (SSSR count). The van der Waals surface area contributed by atoms with E-state index in [1.54, 1.807) is 24.5 Å². The predicted molar refractivity (Wildman–Crippen MR) is 98.4 cm³/mol. The maximum Gasteiger partial charge on any atom is 0.181 e. The van der Waals surface area contributed by atoms with Crippen LogP contribution in [0, 0.1) is 5.82 Å². The molecule has 0 amide bonds. The van der Waals surface area contributed by atoms with Gasteiger partial charge in [0.15, 0.2) is 5.13 Å². The summed E-state index contributed by atoms with van der Waals surface area (Å²) in [5, 5.41) is 0.482. The largest absolute Gasteiger partial charge is 0.375 e. The van der Waals surface area contributed by atoms with Crippen LogP contribution in [-0.2, 0) is 0 Å². The lowest BCUT2D eigenvalue weighted by Crippen LogP contribution is -1.88. The Morgan fingerprint density at radius 2 is 1.64 bits per heavy atom. The standard InChI is InChI=1S/C19H13FN4S/c20-14-6-4-12(5-7-14)16-11-13(8-10-23-16)18-17(24-19(21)25-18)15-3-1-2-9-22-15/h1-11H,(H2,21,24). The molecule has 0 aliphatic heterocycles. The van der Waals surface area contributed by atoms with Crippen molar-refractivity contribution in [3.05, 3.63) is 72.8 Å². The van der Waals surface area contributed by atoms with Gasteiger partial charge in [0.25, 0.3) is 0 Å². The topological polar surface area (TPSA) is 64.7 Å².